The molecule has 0 amide bonds. The fraction of sp³-hybridized carbons (Fsp3) is 0.391. The maximum absolute atomic E-state index is 11.7. The Kier molecular flexibility index (Phi) is 7.36. The summed E-state index contributed by atoms with van der Waals surface area (Å²) in [6, 6.07) is 16.2. The molecule has 1 unspecified atom stereocenters. The first-order valence-electron chi connectivity index (χ1n) is 9.52. The summed E-state index contributed by atoms with van der Waals surface area (Å²) >= 11 is 5.54. The van der Waals surface area contributed by atoms with Crippen molar-refractivity contribution in [3.8, 4) is 0 Å². The number of thioether (sulfide) groups is 1. The standard InChI is InChI=1S/C23H25BrO3S/c1-27-22(26)14-23(11-12-23)16-28-21(19-7-4-5-17(13-19)15-25)10-9-18-6-2-3-8-20(18)24/h2-8,13,15,21H,9-12,14,16H2,1H3. The van der Waals surface area contributed by atoms with E-state index in [1.165, 1.54) is 18.2 Å². The third kappa shape index (κ3) is 5.71. The fourth-order valence-electron chi connectivity index (χ4n) is 3.37. The van der Waals surface area contributed by atoms with E-state index in [2.05, 4.69) is 40.2 Å². The summed E-state index contributed by atoms with van der Waals surface area (Å²) in [5.41, 5.74) is 3.26. The number of aryl methyl sites for hydroxylation is 1. The lowest BCUT2D eigenvalue weighted by atomic mass is 10.0. The van der Waals surface area contributed by atoms with Crippen molar-refractivity contribution in [2.45, 2.75) is 37.4 Å². The van der Waals surface area contributed by atoms with Gasteiger partial charge in [0.25, 0.3) is 0 Å². The lowest BCUT2D eigenvalue weighted by Gasteiger charge is -2.21. The highest BCUT2D eigenvalue weighted by atomic mass is 79.9. The molecule has 0 saturated heterocycles. The molecule has 0 bridgehead atoms. The van der Waals surface area contributed by atoms with Crippen molar-refractivity contribution in [3.63, 3.8) is 0 Å². The molecule has 0 aromatic heterocycles. The summed E-state index contributed by atoms with van der Waals surface area (Å²) in [4.78, 5) is 23.0. The van der Waals surface area contributed by atoms with E-state index < -0.39 is 0 Å². The van der Waals surface area contributed by atoms with E-state index in [0.29, 0.717) is 12.0 Å². The SMILES string of the molecule is COC(=O)CC1(CSC(CCc2ccccc2Br)c2cccc(C=O)c2)CC1. The van der Waals surface area contributed by atoms with Gasteiger partial charge in [0.1, 0.15) is 6.29 Å². The molecule has 5 heteroatoms. The highest BCUT2D eigenvalue weighted by Gasteiger charge is 2.44. The molecule has 0 heterocycles. The second kappa shape index (κ2) is 9.75. The maximum Gasteiger partial charge on any atom is 0.306 e. The van der Waals surface area contributed by atoms with Gasteiger partial charge in [-0.2, -0.15) is 11.8 Å². The predicted octanol–water partition coefficient (Wildman–Crippen LogP) is 6.01. The van der Waals surface area contributed by atoms with Gasteiger partial charge in [-0.1, -0.05) is 52.3 Å². The lowest BCUT2D eigenvalue weighted by molar-refractivity contribution is -0.141. The summed E-state index contributed by atoms with van der Waals surface area (Å²) in [6.45, 7) is 0. The van der Waals surface area contributed by atoms with E-state index in [1.807, 2.05) is 36.0 Å². The zero-order valence-corrected chi connectivity index (χ0v) is 18.4. The number of ether oxygens (including phenoxy) is 1. The Balaban J connectivity index is 1.71. The van der Waals surface area contributed by atoms with Crippen LogP contribution in [0.4, 0.5) is 0 Å². The molecule has 2 aromatic carbocycles. The largest absolute Gasteiger partial charge is 0.469 e. The molecule has 0 spiro atoms. The minimum Gasteiger partial charge on any atom is -0.469 e. The number of carbonyl (C=O) groups is 2. The van der Waals surface area contributed by atoms with Crippen LogP contribution in [0.2, 0.25) is 0 Å². The van der Waals surface area contributed by atoms with Crippen molar-refractivity contribution < 1.29 is 14.3 Å². The lowest BCUT2D eigenvalue weighted by Crippen LogP contribution is -2.14. The number of hydrogen-bond donors (Lipinski definition) is 0. The van der Waals surface area contributed by atoms with Crippen molar-refractivity contribution in [2.75, 3.05) is 12.9 Å². The molecule has 1 aliphatic rings. The normalized spacial score (nSPS) is 15.6. The van der Waals surface area contributed by atoms with Crippen LogP contribution >= 0.6 is 27.7 Å². The van der Waals surface area contributed by atoms with E-state index in [9.17, 15) is 9.59 Å². The van der Waals surface area contributed by atoms with E-state index >= 15 is 0 Å². The second-order valence-corrected chi connectivity index (χ2v) is 9.52. The Morgan fingerprint density at radius 2 is 2.04 bits per heavy atom. The number of esters is 1. The molecule has 1 saturated carbocycles. The van der Waals surface area contributed by atoms with Crippen molar-refractivity contribution in [1.82, 2.24) is 0 Å². The van der Waals surface area contributed by atoms with Crippen molar-refractivity contribution in [3.05, 3.63) is 69.7 Å². The van der Waals surface area contributed by atoms with Gasteiger partial charge in [0.15, 0.2) is 0 Å². The summed E-state index contributed by atoms with van der Waals surface area (Å²) < 4.78 is 6.00. The zero-order chi connectivity index (χ0) is 20.0. The Hall–Kier alpha value is -1.59. The third-order valence-electron chi connectivity index (χ3n) is 5.35. The monoisotopic (exact) mass is 460 g/mol. The van der Waals surface area contributed by atoms with Gasteiger partial charge in [-0.15, -0.1) is 0 Å². The zero-order valence-electron chi connectivity index (χ0n) is 16.0. The van der Waals surface area contributed by atoms with Crippen molar-refractivity contribution in [2.24, 2.45) is 5.41 Å². The van der Waals surface area contributed by atoms with Gasteiger partial charge in [-0.25, -0.2) is 0 Å². The minimum atomic E-state index is -0.120. The minimum absolute atomic E-state index is 0.0889. The Bertz CT molecular complexity index is 832. The molecule has 1 atom stereocenters. The molecule has 3 nitrogen and oxygen atoms in total. The van der Waals surface area contributed by atoms with E-state index in [1.54, 1.807) is 0 Å². The molecule has 0 N–H and O–H groups in total. The van der Waals surface area contributed by atoms with E-state index in [0.717, 1.165) is 42.2 Å². The van der Waals surface area contributed by atoms with Crippen LogP contribution in [0, 0.1) is 5.41 Å². The van der Waals surface area contributed by atoms with Gasteiger partial charge in [0.2, 0.25) is 0 Å². The number of halogens is 1. The van der Waals surface area contributed by atoms with Crippen molar-refractivity contribution >= 4 is 39.9 Å². The second-order valence-electron chi connectivity index (χ2n) is 7.47. The number of methoxy groups -OCH3 is 1. The van der Waals surface area contributed by atoms with Crippen LogP contribution in [0.5, 0.6) is 0 Å². The summed E-state index contributed by atoms with van der Waals surface area (Å²) in [5.74, 6) is 0.819. The number of hydrogen-bond acceptors (Lipinski definition) is 4. The summed E-state index contributed by atoms with van der Waals surface area (Å²) in [5, 5.41) is 0.280. The van der Waals surface area contributed by atoms with E-state index in [-0.39, 0.29) is 16.6 Å². The summed E-state index contributed by atoms with van der Waals surface area (Å²) in [6.07, 6.45) is 5.50. The summed E-state index contributed by atoms with van der Waals surface area (Å²) in [7, 11) is 1.46. The molecule has 28 heavy (non-hydrogen) atoms. The third-order valence-corrected chi connectivity index (χ3v) is 7.81. The molecule has 1 aliphatic carbocycles. The first-order valence-corrected chi connectivity index (χ1v) is 11.4. The topological polar surface area (TPSA) is 43.4 Å². The van der Waals surface area contributed by atoms with Gasteiger partial charge in [0, 0.05) is 21.0 Å². The molecular formula is C23H25BrO3S. The van der Waals surface area contributed by atoms with Gasteiger partial charge in [-0.05, 0) is 54.4 Å². The van der Waals surface area contributed by atoms with Gasteiger partial charge < -0.3 is 4.74 Å². The molecule has 0 radical (unpaired) electrons. The van der Waals surface area contributed by atoms with Crippen LogP contribution < -0.4 is 0 Å². The predicted molar refractivity (Wildman–Crippen MR) is 118 cm³/mol. The number of benzene rings is 2. The Morgan fingerprint density at radius 1 is 1.25 bits per heavy atom. The fourth-order valence-corrected chi connectivity index (χ4v) is 5.42. The molecule has 3 rings (SSSR count). The van der Waals surface area contributed by atoms with E-state index in [4.69, 9.17) is 4.74 Å². The average molecular weight is 461 g/mol. The number of aldehydes is 1. The quantitative estimate of drug-likeness (QED) is 0.321. The highest BCUT2D eigenvalue weighted by Crippen LogP contribution is 2.53. The Labute approximate surface area is 179 Å². The molecule has 2 aromatic rings. The molecule has 148 valence electrons. The van der Waals surface area contributed by atoms with Gasteiger partial charge >= 0.3 is 5.97 Å². The number of rotatable bonds is 10. The van der Waals surface area contributed by atoms with Crippen LogP contribution in [0.25, 0.3) is 0 Å². The van der Waals surface area contributed by atoms with Crippen LogP contribution in [0.3, 0.4) is 0 Å². The first kappa shape index (κ1) is 21.1. The average Bonchev–Trinajstić information content (AvgIpc) is 3.48. The molecule has 0 aliphatic heterocycles. The van der Waals surface area contributed by atoms with Gasteiger partial charge in [0.05, 0.1) is 13.5 Å². The van der Waals surface area contributed by atoms with Gasteiger partial charge in [-0.3, -0.25) is 9.59 Å². The van der Waals surface area contributed by atoms with Crippen LogP contribution in [0.1, 0.15) is 52.4 Å². The maximum atomic E-state index is 11.7. The smallest absolute Gasteiger partial charge is 0.306 e. The van der Waals surface area contributed by atoms with Crippen molar-refractivity contribution in [1.29, 1.82) is 0 Å². The molecule has 1 fully saturated rings. The Morgan fingerprint density at radius 3 is 2.71 bits per heavy atom. The number of carbonyl (C=O) groups excluding carboxylic acids is 2. The van der Waals surface area contributed by atoms with Crippen LogP contribution in [-0.4, -0.2) is 25.1 Å². The highest BCUT2D eigenvalue weighted by molar-refractivity contribution is 9.10. The first-order chi connectivity index (χ1) is 13.5. The van der Waals surface area contributed by atoms with Crippen LogP contribution in [-0.2, 0) is 16.0 Å². The molecular weight excluding hydrogens is 436 g/mol. The van der Waals surface area contributed by atoms with Crippen LogP contribution in [0.15, 0.2) is 53.0 Å².